The van der Waals surface area contributed by atoms with Gasteiger partial charge in [-0.15, -0.1) is 11.8 Å². The molecule has 0 aliphatic heterocycles. The minimum absolute atomic E-state index is 0.0405. The highest BCUT2D eigenvalue weighted by molar-refractivity contribution is 7.98. The maximum Gasteiger partial charge on any atom is 0.264 e. The fraction of sp³-hybridized carbons (Fsp3) is 0.355. The second kappa shape index (κ2) is 13.8. The normalized spacial score (nSPS) is 12.5. The lowest BCUT2D eigenvalue weighted by molar-refractivity contribution is -0.141. The maximum absolute atomic E-state index is 14.2. The van der Waals surface area contributed by atoms with E-state index in [4.69, 9.17) is 11.6 Å². The van der Waals surface area contributed by atoms with Crippen molar-refractivity contribution in [2.45, 2.75) is 69.0 Å². The zero-order valence-electron chi connectivity index (χ0n) is 24.3. The Balaban J connectivity index is 2.08. The lowest BCUT2D eigenvalue weighted by atomic mass is 10.1. The lowest BCUT2D eigenvalue weighted by Crippen LogP contribution is -2.55. The first kappa shape index (κ1) is 32.5. The predicted molar refractivity (Wildman–Crippen MR) is 168 cm³/mol. The molecule has 0 saturated heterocycles. The third-order valence-corrected chi connectivity index (χ3v) is 9.33. The molecule has 0 aliphatic rings. The van der Waals surface area contributed by atoms with E-state index in [1.807, 2.05) is 40.9 Å². The van der Waals surface area contributed by atoms with Gasteiger partial charge in [0.05, 0.1) is 10.6 Å². The number of hydrogen-bond acceptors (Lipinski definition) is 5. The van der Waals surface area contributed by atoms with E-state index < -0.39 is 34.1 Å². The van der Waals surface area contributed by atoms with Crippen molar-refractivity contribution in [3.63, 3.8) is 0 Å². The second-order valence-corrected chi connectivity index (χ2v) is 13.9. The van der Waals surface area contributed by atoms with Crippen molar-refractivity contribution in [2.75, 3.05) is 17.1 Å². The summed E-state index contributed by atoms with van der Waals surface area (Å²) < 4.78 is 29.1. The van der Waals surface area contributed by atoms with E-state index in [1.54, 1.807) is 72.8 Å². The van der Waals surface area contributed by atoms with Gasteiger partial charge in [-0.2, -0.15) is 0 Å². The van der Waals surface area contributed by atoms with E-state index in [-0.39, 0.29) is 17.3 Å². The van der Waals surface area contributed by atoms with Crippen molar-refractivity contribution in [1.29, 1.82) is 0 Å². The van der Waals surface area contributed by atoms with Crippen LogP contribution < -0.4 is 9.62 Å². The molecule has 0 saturated carbocycles. The molecule has 3 aromatic rings. The van der Waals surface area contributed by atoms with Crippen LogP contribution in [0, 0.1) is 6.92 Å². The highest BCUT2D eigenvalue weighted by Gasteiger charge is 2.34. The van der Waals surface area contributed by atoms with Crippen LogP contribution in [0.4, 0.5) is 5.69 Å². The Labute approximate surface area is 253 Å². The molecule has 41 heavy (non-hydrogen) atoms. The summed E-state index contributed by atoms with van der Waals surface area (Å²) >= 11 is 7.96. The number of hydrogen-bond donors (Lipinski definition) is 1. The van der Waals surface area contributed by atoms with E-state index >= 15 is 0 Å². The molecular formula is C31H38ClN3O4S2. The number of aryl methyl sites for hydroxylation is 1. The first-order valence-electron chi connectivity index (χ1n) is 13.3. The predicted octanol–water partition coefficient (Wildman–Crippen LogP) is 6.29. The molecule has 1 atom stereocenters. The number of rotatable bonds is 11. The standard InChI is InChI=1S/C31H38ClN3O4S2/c1-7-28(30(37)33-31(3,4)5)34(20-23-10-8-9-11-27(23)32)29(36)21-35(24-14-12-22(2)13-15-24)41(38,39)26-18-16-25(40-6)17-19-26/h8-19,28H,7,20-21H2,1-6H3,(H,33,37). The van der Waals surface area contributed by atoms with Crippen molar-refractivity contribution < 1.29 is 18.0 Å². The summed E-state index contributed by atoms with van der Waals surface area (Å²) in [6.07, 6.45) is 2.24. The van der Waals surface area contributed by atoms with E-state index in [1.165, 1.54) is 16.7 Å². The Bertz CT molecular complexity index is 1450. The molecule has 3 aromatic carbocycles. The molecule has 1 N–H and O–H groups in total. The minimum Gasteiger partial charge on any atom is -0.350 e. The van der Waals surface area contributed by atoms with Crippen molar-refractivity contribution in [3.05, 3.63) is 88.9 Å². The average Bonchev–Trinajstić information content (AvgIpc) is 2.92. The van der Waals surface area contributed by atoms with Crippen LogP contribution in [0.5, 0.6) is 0 Å². The van der Waals surface area contributed by atoms with Gasteiger partial charge in [0.25, 0.3) is 10.0 Å². The van der Waals surface area contributed by atoms with Gasteiger partial charge >= 0.3 is 0 Å². The van der Waals surface area contributed by atoms with E-state index in [0.717, 1.165) is 14.8 Å². The van der Waals surface area contributed by atoms with Gasteiger partial charge in [-0.25, -0.2) is 8.42 Å². The highest BCUT2D eigenvalue weighted by Crippen LogP contribution is 2.27. The Morgan fingerprint density at radius 3 is 2.12 bits per heavy atom. The number of halogens is 1. The van der Waals surface area contributed by atoms with Crippen molar-refractivity contribution in [1.82, 2.24) is 10.2 Å². The topological polar surface area (TPSA) is 86.8 Å². The van der Waals surface area contributed by atoms with Crippen molar-refractivity contribution in [3.8, 4) is 0 Å². The summed E-state index contributed by atoms with van der Waals surface area (Å²) in [5.41, 5.74) is 1.43. The summed E-state index contributed by atoms with van der Waals surface area (Å²) in [7, 11) is -4.13. The molecule has 0 spiro atoms. The molecule has 10 heteroatoms. The minimum atomic E-state index is -4.13. The van der Waals surface area contributed by atoms with Gasteiger partial charge in [-0.1, -0.05) is 54.4 Å². The molecule has 7 nitrogen and oxygen atoms in total. The summed E-state index contributed by atoms with van der Waals surface area (Å²) in [4.78, 5) is 30.0. The first-order valence-corrected chi connectivity index (χ1v) is 16.4. The number of sulfonamides is 1. The van der Waals surface area contributed by atoms with Crippen LogP contribution in [0.3, 0.4) is 0 Å². The fourth-order valence-electron chi connectivity index (χ4n) is 4.30. The third kappa shape index (κ3) is 8.50. The van der Waals surface area contributed by atoms with E-state index in [2.05, 4.69) is 5.32 Å². The summed E-state index contributed by atoms with van der Waals surface area (Å²) in [5.74, 6) is -0.844. The Morgan fingerprint density at radius 2 is 1.59 bits per heavy atom. The van der Waals surface area contributed by atoms with Gasteiger partial charge < -0.3 is 10.2 Å². The third-order valence-electron chi connectivity index (χ3n) is 6.43. The number of anilines is 1. The first-order chi connectivity index (χ1) is 19.3. The number of amides is 2. The zero-order chi connectivity index (χ0) is 30.4. The summed E-state index contributed by atoms with van der Waals surface area (Å²) in [5, 5.41) is 3.42. The van der Waals surface area contributed by atoms with Crippen LogP contribution >= 0.6 is 23.4 Å². The number of carbonyl (C=O) groups is 2. The highest BCUT2D eigenvalue weighted by atomic mass is 35.5. The quantitative estimate of drug-likeness (QED) is 0.256. The molecule has 2 amide bonds. The molecule has 0 aromatic heterocycles. The molecule has 0 fully saturated rings. The Hall–Kier alpha value is -3.01. The molecule has 0 bridgehead atoms. The number of nitrogens with zero attached hydrogens (tertiary/aromatic N) is 2. The SMILES string of the molecule is CCC(C(=O)NC(C)(C)C)N(Cc1ccccc1Cl)C(=O)CN(c1ccc(C)cc1)S(=O)(=O)c1ccc(SC)cc1. The van der Waals surface area contributed by atoms with Crippen LogP contribution in [0.1, 0.15) is 45.2 Å². The Kier molecular flexibility index (Phi) is 10.9. The fourth-order valence-corrected chi connectivity index (χ4v) is 6.32. The summed E-state index contributed by atoms with van der Waals surface area (Å²) in [6, 6.07) is 19.8. The maximum atomic E-state index is 14.2. The van der Waals surface area contributed by atoms with Crippen LogP contribution in [0.2, 0.25) is 5.02 Å². The van der Waals surface area contributed by atoms with E-state index in [0.29, 0.717) is 22.7 Å². The summed E-state index contributed by atoms with van der Waals surface area (Å²) in [6.45, 7) is 8.86. The smallest absolute Gasteiger partial charge is 0.264 e. The largest absolute Gasteiger partial charge is 0.350 e. The van der Waals surface area contributed by atoms with Crippen LogP contribution in [-0.4, -0.2) is 49.5 Å². The van der Waals surface area contributed by atoms with Crippen molar-refractivity contribution >= 4 is 50.9 Å². The van der Waals surface area contributed by atoms with Gasteiger partial charge in [0, 0.05) is 22.0 Å². The zero-order valence-corrected chi connectivity index (χ0v) is 26.7. The molecule has 220 valence electrons. The number of nitrogens with one attached hydrogen (secondary N) is 1. The van der Waals surface area contributed by atoms with Crippen LogP contribution in [0.15, 0.2) is 82.6 Å². The number of carbonyl (C=O) groups excluding carboxylic acids is 2. The molecular weight excluding hydrogens is 578 g/mol. The Morgan fingerprint density at radius 1 is 0.976 bits per heavy atom. The second-order valence-electron chi connectivity index (χ2n) is 10.8. The molecule has 0 heterocycles. The molecule has 0 radical (unpaired) electrons. The van der Waals surface area contributed by atoms with E-state index in [9.17, 15) is 18.0 Å². The molecule has 3 rings (SSSR count). The molecule has 0 aliphatic carbocycles. The number of benzene rings is 3. The van der Waals surface area contributed by atoms with Gasteiger partial charge in [0.15, 0.2) is 0 Å². The van der Waals surface area contributed by atoms with Gasteiger partial charge in [-0.05, 0) is 88.4 Å². The monoisotopic (exact) mass is 615 g/mol. The van der Waals surface area contributed by atoms with Gasteiger partial charge in [-0.3, -0.25) is 13.9 Å². The van der Waals surface area contributed by atoms with Crippen LogP contribution in [-0.2, 0) is 26.2 Å². The van der Waals surface area contributed by atoms with Crippen molar-refractivity contribution in [2.24, 2.45) is 0 Å². The van der Waals surface area contributed by atoms with Gasteiger partial charge in [0.2, 0.25) is 11.8 Å². The molecule has 1 unspecified atom stereocenters. The average molecular weight is 616 g/mol. The number of thioether (sulfide) groups is 1. The van der Waals surface area contributed by atoms with Gasteiger partial charge in [0.1, 0.15) is 12.6 Å². The van der Waals surface area contributed by atoms with Crippen LogP contribution in [0.25, 0.3) is 0 Å². The lowest BCUT2D eigenvalue weighted by Gasteiger charge is -2.35.